The third kappa shape index (κ3) is 532. The second-order valence-electron chi connectivity index (χ2n) is 2.52. The van der Waals surface area contributed by atoms with Crippen LogP contribution in [0.25, 0.3) is 0 Å². The van der Waals surface area contributed by atoms with Gasteiger partial charge in [0, 0.05) is 0 Å². The molecule has 0 spiro atoms. The maximum absolute atomic E-state index is 7.56. The summed E-state index contributed by atoms with van der Waals surface area (Å²) in [4.78, 5) is 45.3. The van der Waals surface area contributed by atoms with Crippen LogP contribution in [0.5, 0.6) is 0 Å². The first-order chi connectivity index (χ1) is 7.83. The van der Waals surface area contributed by atoms with E-state index >= 15 is 0 Å². The van der Waals surface area contributed by atoms with Crippen molar-refractivity contribution in [3.63, 3.8) is 0 Å². The van der Waals surface area contributed by atoms with Crippen molar-refractivity contribution < 1.29 is 48.8 Å². The molecule has 0 saturated heterocycles. The molecular weight excluding hydrogens is 384 g/mol. The number of hydrogen-bond acceptors (Lipinski definition) is 2. The first kappa shape index (κ1) is 32.3. The largest absolute Gasteiger partial charge is 2.00 e. The van der Waals surface area contributed by atoms with Gasteiger partial charge >= 0.3 is 32.9 Å². The molecule has 0 heterocycles. The van der Waals surface area contributed by atoms with E-state index in [2.05, 4.69) is 51.0 Å². The zero-order valence-electron chi connectivity index (χ0n) is 10.9. The molecule has 6 N–H and O–H groups in total. The summed E-state index contributed by atoms with van der Waals surface area (Å²) in [7, 11) is 0. The third-order valence-corrected chi connectivity index (χ3v) is 0.604. The molecule has 0 aromatic heterocycles. The van der Waals surface area contributed by atoms with Crippen molar-refractivity contribution in [1.82, 2.24) is 0 Å². The molecule has 0 aromatic rings. The topological polar surface area (TPSA) is 121 Å². The SMILES string of the molecule is C=C[CH2-].OP(O)(O)=S.OP(O)(O)=S.[CH2-]CCCC.[Zn+2]. The molecule has 0 fully saturated rings. The Kier molecular flexibility index (Phi) is 36.7. The van der Waals surface area contributed by atoms with Gasteiger partial charge in [0.05, 0.1) is 0 Å². The fraction of sp³-hybridized carbons (Fsp3) is 0.500. The number of unbranched alkanes of at least 4 members (excludes halogenated alkanes) is 2. The Balaban J connectivity index is -0.0000000458. The summed E-state index contributed by atoms with van der Waals surface area (Å²) in [5.74, 6) is 0. The fourth-order valence-electron chi connectivity index (χ4n) is 0.250. The second-order valence-corrected chi connectivity index (χ2v) is 7.51. The summed E-state index contributed by atoms with van der Waals surface area (Å²) < 4.78 is 0. The normalized spacial score (nSPS) is 9.05. The Morgan fingerprint density at radius 2 is 1.21 bits per heavy atom. The minimum atomic E-state index is -3.81. The zero-order chi connectivity index (χ0) is 15.8. The quantitative estimate of drug-likeness (QED) is 0.231. The Bertz CT molecular complexity index is 217. The average molecular weight is 406 g/mol. The molecule has 11 heteroatoms. The predicted octanol–water partition coefficient (Wildman–Crippen LogP) is 1.39. The Morgan fingerprint density at radius 1 is 1.05 bits per heavy atom. The Morgan fingerprint density at radius 3 is 1.21 bits per heavy atom. The number of hydrogen-bond donors (Lipinski definition) is 6. The average Bonchev–Trinajstić information content (AvgIpc) is 2.00. The van der Waals surface area contributed by atoms with Gasteiger partial charge < -0.3 is 36.3 Å². The van der Waals surface area contributed by atoms with E-state index in [4.69, 9.17) is 29.4 Å². The molecule has 0 saturated carbocycles. The van der Waals surface area contributed by atoms with E-state index in [1.807, 2.05) is 0 Å². The van der Waals surface area contributed by atoms with Crippen LogP contribution in [0.3, 0.4) is 0 Å². The Hall–Kier alpha value is 1.29. The molecule has 0 aromatic carbocycles. The minimum Gasteiger partial charge on any atom is -0.343 e. The van der Waals surface area contributed by atoms with Crippen LogP contribution in [0, 0.1) is 13.8 Å². The van der Waals surface area contributed by atoms with Crippen molar-refractivity contribution in [3.05, 3.63) is 26.5 Å². The van der Waals surface area contributed by atoms with Crippen molar-refractivity contribution in [1.29, 1.82) is 0 Å². The molecule has 0 unspecified atom stereocenters. The van der Waals surface area contributed by atoms with Crippen molar-refractivity contribution in [3.8, 4) is 0 Å². The van der Waals surface area contributed by atoms with Crippen LogP contribution in [0.4, 0.5) is 0 Å². The third-order valence-electron chi connectivity index (χ3n) is 0.604. The monoisotopic (exact) mass is 404 g/mol. The van der Waals surface area contributed by atoms with Gasteiger partial charge in [0.25, 0.3) is 0 Å². The molecule has 0 amide bonds. The van der Waals surface area contributed by atoms with Gasteiger partial charge in [0.1, 0.15) is 0 Å². The van der Waals surface area contributed by atoms with Gasteiger partial charge in [-0.2, -0.15) is 6.42 Å². The van der Waals surface area contributed by atoms with E-state index in [1.54, 1.807) is 0 Å². The number of rotatable bonds is 2. The van der Waals surface area contributed by atoms with Gasteiger partial charge in [-0.1, -0.05) is 19.8 Å². The fourth-order valence-corrected chi connectivity index (χ4v) is 0.250. The summed E-state index contributed by atoms with van der Waals surface area (Å²) in [5, 5.41) is 0. The predicted molar refractivity (Wildman–Crippen MR) is 82.3 cm³/mol. The summed E-state index contributed by atoms with van der Waals surface area (Å²) >= 11 is 7.21. The van der Waals surface area contributed by atoms with Gasteiger partial charge in [-0.3, -0.25) is 0 Å². The summed E-state index contributed by atoms with van der Waals surface area (Å²) in [6, 6.07) is 0. The van der Waals surface area contributed by atoms with Gasteiger partial charge in [0.2, 0.25) is 0 Å². The van der Waals surface area contributed by atoms with Crippen LogP contribution in [-0.4, -0.2) is 29.4 Å². The minimum absolute atomic E-state index is 0. The molecule has 0 aliphatic carbocycles. The second kappa shape index (κ2) is 21.6. The molecule has 0 rings (SSSR count). The molecule has 0 bridgehead atoms. The van der Waals surface area contributed by atoms with Crippen LogP contribution >= 0.6 is 13.4 Å². The standard InChI is InChI=1S/C5H11.C3H5.2H3O3PS.Zn/c1-3-5-4-2;1-3-2;2*1-4(2,3)5;/h1,3-5H2,2H3;3H,1-2H2;2*(H3,1,2,3,5);/q2*-1;;;+2. The van der Waals surface area contributed by atoms with Crippen molar-refractivity contribution in [2.45, 2.75) is 26.2 Å². The molecule has 6 nitrogen and oxygen atoms in total. The molecule has 114 valence electrons. The van der Waals surface area contributed by atoms with Crippen LogP contribution in [0.2, 0.25) is 0 Å². The van der Waals surface area contributed by atoms with Crippen LogP contribution in [0.1, 0.15) is 26.2 Å². The molecule has 0 radical (unpaired) electrons. The van der Waals surface area contributed by atoms with Crippen molar-refractivity contribution in [2.75, 3.05) is 0 Å². The van der Waals surface area contributed by atoms with Gasteiger partial charge in [0.15, 0.2) is 0 Å². The maximum atomic E-state index is 7.56. The van der Waals surface area contributed by atoms with E-state index in [-0.39, 0.29) is 19.5 Å². The van der Waals surface area contributed by atoms with Crippen molar-refractivity contribution >= 4 is 37.1 Å². The van der Waals surface area contributed by atoms with Gasteiger partial charge in [-0.05, 0) is 23.6 Å². The van der Waals surface area contributed by atoms with Crippen LogP contribution in [0.15, 0.2) is 12.7 Å². The van der Waals surface area contributed by atoms with Crippen LogP contribution in [-0.2, 0) is 43.1 Å². The van der Waals surface area contributed by atoms with E-state index in [0.717, 1.165) is 6.42 Å². The van der Waals surface area contributed by atoms with Gasteiger partial charge in [-0.25, -0.2) is 19.6 Å². The number of allylic oxidation sites excluding steroid dienone is 1. The van der Waals surface area contributed by atoms with E-state index in [1.165, 1.54) is 18.9 Å². The van der Waals surface area contributed by atoms with E-state index < -0.39 is 13.4 Å². The maximum Gasteiger partial charge on any atom is 2.00 e. The van der Waals surface area contributed by atoms with Crippen LogP contribution < -0.4 is 0 Å². The molecule has 0 atom stereocenters. The summed E-state index contributed by atoms with van der Waals surface area (Å²) in [6.45, 7) is 4.74. The molecular formula is C8H22O6P2S2Zn. The molecule has 19 heavy (non-hydrogen) atoms. The molecule has 0 aliphatic rings. The summed E-state index contributed by atoms with van der Waals surface area (Å²) in [5.41, 5.74) is 0. The van der Waals surface area contributed by atoms with E-state index in [9.17, 15) is 0 Å². The Labute approximate surface area is 138 Å². The first-order valence-electron chi connectivity index (χ1n) is 4.59. The smallest absolute Gasteiger partial charge is 0.343 e. The summed E-state index contributed by atoms with van der Waals surface area (Å²) in [6.07, 6.45) is 5.15. The van der Waals surface area contributed by atoms with Gasteiger partial charge in [-0.15, -0.1) is 0 Å². The first-order valence-corrected chi connectivity index (χ1v) is 9.91. The zero-order valence-corrected chi connectivity index (χ0v) is 17.3. The molecule has 0 aliphatic heterocycles. The van der Waals surface area contributed by atoms with E-state index in [0.29, 0.717) is 0 Å². The van der Waals surface area contributed by atoms with Crippen molar-refractivity contribution in [2.24, 2.45) is 0 Å².